The number of benzene rings is 1. The Hall–Kier alpha value is -1.68. The Labute approximate surface area is 121 Å². The van der Waals surface area contributed by atoms with Crippen LogP contribution >= 0.6 is 11.6 Å². The molecule has 2 aliphatic heterocycles. The fraction of sp³-hybridized carbons (Fsp3) is 0.400. The Balaban J connectivity index is 1.90. The molecule has 1 fully saturated rings. The van der Waals surface area contributed by atoms with Crippen LogP contribution in [0.25, 0.3) is 0 Å². The number of halogens is 1. The van der Waals surface area contributed by atoms with Gasteiger partial charge in [-0.2, -0.15) is 4.99 Å². The molecule has 0 saturated heterocycles. The van der Waals surface area contributed by atoms with E-state index in [1.165, 1.54) is 0 Å². The molecule has 2 atom stereocenters. The van der Waals surface area contributed by atoms with E-state index in [-0.39, 0.29) is 17.2 Å². The first kappa shape index (κ1) is 12.1. The Morgan fingerprint density at radius 1 is 1.20 bits per heavy atom. The van der Waals surface area contributed by atoms with E-state index < -0.39 is 5.54 Å². The molecule has 0 radical (unpaired) electrons. The quantitative estimate of drug-likeness (QED) is 0.688. The molecular formula is C15H13ClN2O2. The third kappa shape index (κ3) is 1.25. The molecule has 102 valence electrons. The van der Waals surface area contributed by atoms with Crippen LogP contribution in [0.2, 0.25) is 0 Å². The molecule has 20 heavy (non-hydrogen) atoms. The molecule has 1 aliphatic carbocycles. The van der Waals surface area contributed by atoms with Crippen molar-refractivity contribution in [2.75, 3.05) is 0 Å². The smallest absolute Gasteiger partial charge is 0.275 e. The molecule has 4 nitrogen and oxygen atoms in total. The number of carbonyl (C=O) groups is 2. The van der Waals surface area contributed by atoms with E-state index in [0.717, 1.165) is 24.8 Å². The van der Waals surface area contributed by atoms with Crippen LogP contribution in [-0.2, 0) is 4.79 Å². The highest BCUT2D eigenvalue weighted by molar-refractivity contribution is 6.33. The second-order valence-corrected chi connectivity index (χ2v) is 6.09. The second kappa shape index (κ2) is 3.92. The summed E-state index contributed by atoms with van der Waals surface area (Å²) in [5, 5.41) is -0.358. The van der Waals surface area contributed by atoms with E-state index in [2.05, 4.69) is 4.99 Å². The Kier molecular flexibility index (Phi) is 2.37. The van der Waals surface area contributed by atoms with Crippen molar-refractivity contribution in [2.45, 2.75) is 36.6 Å². The predicted octanol–water partition coefficient (Wildman–Crippen LogP) is 2.35. The minimum absolute atomic E-state index is 0.141. The van der Waals surface area contributed by atoms with Gasteiger partial charge < -0.3 is 0 Å². The standard InChI is InChI=1S/C15H13ClN2O2/c16-11-7-3-4-8-15(11)14(20)17-12-9-5-1-2-6-10(9)13(19)18(12)15/h1-2,5-6,11H,3-4,7-8H2. The van der Waals surface area contributed by atoms with E-state index in [9.17, 15) is 9.59 Å². The van der Waals surface area contributed by atoms with Gasteiger partial charge in [-0.15, -0.1) is 11.6 Å². The first-order valence-corrected chi connectivity index (χ1v) is 7.31. The highest BCUT2D eigenvalue weighted by Gasteiger charge is 2.60. The summed E-state index contributed by atoms with van der Waals surface area (Å²) in [6.45, 7) is 0. The van der Waals surface area contributed by atoms with Crippen LogP contribution < -0.4 is 0 Å². The van der Waals surface area contributed by atoms with Gasteiger partial charge >= 0.3 is 0 Å². The van der Waals surface area contributed by atoms with Crippen molar-refractivity contribution >= 4 is 29.3 Å². The van der Waals surface area contributed by atoms with Crippen molar-refractivity contribution in [1.82, 2.24) is 4.90 Å². The lowest BCUT2D eigenvalue weighted by Gasteiger charge is -2.41. The summed E-state index contributed by atoms with van der Waals surface area (Å²) in [4.78, 5) is 30.9. The van der Waals surface area contributed by atoms with Crippen LogP contribution in [-0.4, -0.2) is 33.5 Å². The third-order valence-electron chi connectivity index (χ3n) is 4.57. The zero-order valence-corrected chi connectivity index (χ0v) is 11.6. The van der Waals surface area contributed by atoms with E-state index in [0.29, 0.717) is 17.8 Å². The third-order valence-corrected chi connectivity index (χ3v) is 5.15. The molecule has 0 bridgehead atoms. The van der Waals surface area contributed by atoms with Gasteiger partial charge in [0.15, 0.2) is 0 Å². The van der Waals surface area contributed by atoms with E-state index >= 15 is 0 Å². The highest BCUT2D eigenvalue weighted by Crippen LogP contribution is 2.45. The monoisotopic (exact) mass is 288 g/mol. The lowest BCUT2D eigenvalue weighted by atomic mass is 9.80. The van der Waals surface area contributed by atoms with Gasteiger partial charge in [0.25, 0.3) is 11.8 Å². The lowest BCUT2D eigenvalue weighted by Crippen LogP contribution is -2.59. The summed E-state index contributed by atoms with van der Waals surface area (Å²) in [5.41, 5.74) is 0.412. The van der Waals surface area contributed by atoms with Gasteiger partial charge in [0, 0.05) is 5.56 Å². The average molecular weight is 289 g/mol. The van der Waals surface area contributed by atoms with E-state index in [1.54, 1.807) is 11.0 Å². The van der Waals surface area contributed by atoms with Crippen LogP contribution in [0.5, 0.6) is 0 Å². The van der Waals surface area contributed by atoms with Crippen LogP contribution in [0, 0.1) is 0 Å². The van der Waals surface area contributed by atoms with Gasteiger partial charge in [0.2, 0.25) is 0 Å². The van der Waals surface area contributed by atoms with E-state index in [1.807, 2.05) is 18.2 Å². The molecule has 1 aromatic rings. The van der Waals surface area contributed by atoms with Gasteiger partial charge in [0.1, 0.15) is 11.4 Å². The first-order chi connectivity index (χ1) is 9.66. The van der Waals surface area contributed by atoms with Gasteiger partial charge in [-0.05, 0) is 18.9 Å². The molecule has 1 spiro atoms. The maximum Gasteiger partial charge on any atom is 0.275 e. The largest absolute Gasteiger partial charge is 0.275 e. The van der Waals surface area contributed by atoms with Crippen LogP contribution in [0.4, 0.5) is 0 Å². The minimum Gasteiger partial charge on any atom is -0.275 e. The zero-order valence-electron chi connectivity index (χ0n) is 10.8. The fourth-order valence-electron chi connectivity index (χ4n) is 3.58. The Bertz CT molecular complexity index is 670. The number of alkyl halides is 1. The molecule has 0 aromatic heterocycles. The number of amides is 2. The summed E-state index contributed by atoms with van der Waals surface area (Å²) >= 11 is 6.46. The van der Waals surface area contributed by atoms with Gasteiger partial charge in [-0.1, -0.05) is 31.0 Å². The Morgan fingerprint density at radius 2 is 1.95 bits per heavy atom. The molecule has 2 heterocycles. The maximum absolute atomic E-state index is 12.7. The highest BCUT2D eigenvalue weighted by atomic mass is 35.5. The van der Waals surface area contributed by atoms with Crippen LogP contribution in [0.15, 0.2) is 29.3 Å². The Morgan fingerprint density at radius 3 is 2.70 bits per heavy atom. The molecule has 1 aromatic carbocycles. The molecule has 2 amide bonds. The van der Waals surface area contributed by atoms with Crippen molar-refractivity contribution in [1.29, 1.82) is 0 Å². The van der Waals surface area contributed by atoms with Crippen molar-refractivity contribution < 1.29 is 9.59 Å². The fourth-order valence-corrected chi connectivity index (χ4v) is 4.03. The summed E-state index contributed by atoms with van der Waals surface area (Å²) in [6, 6.07) is 7.30. The van der Waals surface area contributed by atoms with Crippen molar-refractivity contribution in [3.05, 3.63) is 35.4 Å². The summed E-state index contributed by atoms with van der Waals surface area (Å²) < 4.78 is 0. The number of hydrogen-bond acceptors (Lipinski definition) is 2. The van der Waals surface area contributed by atoms with Crippen LogP contribution in [0.3, 0.4) is 0 Å². The number of rotatable bonds is 0. The molecular weight excluding hydrogens is 276 g/mol. The van der Waals surface area contributed by atoms with Crippen molar-refractivity contribution in [3.8, 4) is 0 Å². The van der Waals surface area contributed by atoms with Gasteiger partial charge in [-0.3, -0.25) is 14.5 Å². The second-order valence-electron chi connectivity index (χ2n) is 5.56. The molecule has 0 N–H and O–H groups in total. The average Bonchev–Trinajstić information content (AvgIpc) is 2.90. The van der Waals surface area contributed by atoms with Crippen LogP contribution in [0.1, 0.15) is 41.6 Å². The van der Waals surface area contributed by atoms with Gasteiger partial charge in [0.05, 0.1) is 10.9 Å². The van der Waals surface area contributed by atoms with Crippen molar-refractivity contribution in [3.63, 3.8) is 0 Å². The summed E-state index contributed by atoms with van der Waals surface area (Å²) in [5.74, 6) is 0.0935. The summed E-state index contributed by atoms with van der Waals surface area (Å²) in [6.07, 6.45) is 3.24. The predicted molar refractivity (Wildman–Crippen MR) is 75.0 cm³/mol. The number of amidine groups is 1. The zero-order chi connectivity index (χ0) is 13.9. The molecule has 5 heteroatoms. The maximum atomic E-state index is 12.7. The minimum atomic E-state index is -0.953. The number of aliphatic imine (C=N–C) groups is 1. The molecule has 4 rings (SSSR count). The van der Waals surface area contributed by atoms with E-state index in [4.69, 9.17) is 11.6 Å². The SMILES string of the molecule is O=C1c2ccccc2C2=NC(=O)C3(CCCCC3Cl)N12. The number of hydrogen-bond donors (Lipinski definition) is 0. The normalized spacial score (nSPS) is 31.6. The topological polar surface area (TPSA) is 49.7 Å². The van der Waals surface area contributed by atoms with Gasteiger partial charge in [-0.25, -0.2) is 0 Å². The number of nitrogens with zero attached hydrogens (tertiary/aromatic N) is 2. The first-order valence-electron chi connectivity index (χ1n) is 6.87. The number of fused-ring (bicyclic) bond motifs is 4. The number of carbonyl (C=O) groups excluding carboxylic acids is 2. The molecule has 3 aliphatic rings. The summed E-state index contributed by atoms with van der Waals surface area (Å²) in [7, 11) is 0. The lowest BCUT2D eigenvalue weighted by molar-refractivity contribution is -0.126. The van der Waals surface area contributed by atoms with Crippen molar-refractivity contribution in [2.24, 2.45) is 4.99 Å². The molecule has 2 unspecified atom stereocenters. The molecule has 1 saturated carbocycles.